The van der Waals surface area contributed by atoms with E-state index in [2.05, 4.69) is 62.4 Å². The molecular weight excluding hydrogens is 256 g/mol. The molecule has 3 rings (SSSR count). The van der Waals surface area contributed by atoms with Crippen molar-refractivity contribution < 1.29 is 5.11 Å². The van der Waals surface area contributed by atoms with Crippen molar-refractivity contribution in [1.29, 1.82) is 0 Å². The average molecular weight is 280 g/mol. The lowest BCUT2D eigenvalue weighted by atomic mass is 9.97. The fourth-order valence-electron chi connectivity index (χ4n) is 3.22. The molecule has 1 aliphatic rings. The minimum atomic E-state index is -0.330. The molecule has 1 heteroatoms. The van der Waals surface area contributed by atoms with E-state index in [1.165, 1.54) is 11.1 Å². The number of hydrogen-bond donors (Lipinski definition) is 1. The first-order valence-electron chi connectivity index (χ1n) is 7.97. The Bertz CT molecular complexity index is 571. The molecule has 3 unspecified atom stereocenters. The first-order chi connectivity index (χ1) is 10.1. The van der Waals surface area contributed by atoms with Gasteiger partial charge in [0.2, 0.25) is 0 Å². The van der Waals surface area contributed by atoms with Gasteiger partial charge in [-0.1, -0.05) is 68.4 Å². The van der Waals surface area contributed by atoms with Crippen LogP contribution in [0.15, 0.2) is 54.6 Å². The second-order valence-electron chi connectivity index (χ2n) is 6.70. The molecule has 1 saturated carbocycles. The van der Waals surface area contributed by atoms with E-state index in [4.69, 9.17) is 0 Å². The van der Waals surface area contributed by atoms with Gasteiger partial charge in [-0.25, -0.2) is 0 Å². The summed E-state index contributed by atoms with van der Waals surface area (Å²) in [6, 6.07) is 19.1. The normalized spacial score (nSPS) is 22.3. The maximum atomic E-state index is 10.6. The molecule has 0 heterocycles. The second kappa shape index (κ2) is 6.03. The van der Waals surface area contributed by atoms with Crippen LogP contribution in [0, 0.1) is 11.8 Å². The SMILES string of the molecule is CC(C)Cc1ccc(C(O)C2CC2c2ccccc2)cc1. The van der Waals surface area contributed by atoms with Crippen molar-refractivity contribution in [1.82, 2.24) is 0 Å². The number of hydrogen-bond acceptors (Lipinski definition) is 1. The Kier molecular flexibility index (Phi) is 4.12. The van der Waals surface area contributed by atoms with E-state index in [1.54, 1.807) is 0 Å². The highest BCUT2D eigenvalue weighted by molar-refractivity contribution is 5.31. The van der Waals surface area contributed by atoms with Gasteiger partial charge >= 0.3 is 0 Å². The van der Waals surface area contributed by atoms with Crippen LogP contribution in [-0.4, -0.2) is 5.11 Å². The summed E-state index contributed by atoms with van der Waals surface area (Å²) in [6.07, 6.45) is 1.87. The Morgan fingerprint density at radius 1 is 1.00 bits per heavy atom. The average Bonchev–Trinajstić information content (AvgIpc) is 3.28. The summed E-state index contributed by atoms with van der Waals surface area (Å²) in [5.41, 5.74) is 3.78. The van der Waals surface area contributed by atoms with Crippen molar-refractivity contribution >= 4 is 0 Å². The number of benzene rings is 2. The van der Waals surface area contributed by atoms with Gasteiger partial charge < -0.3 is 5.11 Å². The molecule has 0 aliphatic heterocycles. The van der Waals surface area contributed by atoms with Gasteiger partial charge in [-0.3, -0.25) is 0 Å². The smallest absolute Gasteiger partial charge is 0.0824 e. The summed E-state index contributed by atoms with van der Waals surface area (Å²) in [7, 11) is 0. The van der Waals surface area contributed by atoms with Gasteiger partial charge in [-0.15, -0.1) is 0 Å². The van der Waals surface area contributed by atoms with E-state index in [0.29, 0.717) is 17.8 Å². The van der Waals surface area contributed by atoms with Crippen LogP contribution in [0.5, 0.6) is 0 Å². The first-order valence-corrected chi connectivity index (χ1v) is 7.97. The summed E-state index contributed by atoms with van der Waals surface area (Å²) in [6.45, 7) is 4.47. The fraction of sp³-hybridized carbons (Fsp3) is 0.400. The topological polar surface area (TPSA) is 20.2 Å². The van der Waals surface area contributed by atoms with Gasteiger partial charge in [0.1, 0.15) is 0 Å². The maximum Gasteiger partial charge on any atom is 0.0824 e. The number of rotatable bonds is 5. The van der Waals surface area contributed by atoms with Gasteiger partial charge in [0, 0.05) is 0 Å². The summed E-state index contributed by atoms with van der Waals surface area (Å²) in [5.74, 6) is 1.58. The molecule has 110 valence electrons. The lowest BCUT2D eigenvalue weighted by Gasteiger charge is -2.12. The summed E-state index contributed by atoms with van der Waals surface area (Å²) in [4.78, 5) is 0. The minimum absolute atomic E-state index is 0.330. The van der Waals surface area contributed by atoms with E-state index in [1.807, 2.05) is 6.07 Å². The highest BCUT2D eigenvalue weighted by atomic mass is 16.3. The zero-order valence-corrected chi connectivity index (χ0v) is 12.9. The molecule has 1 N–H and O–H groups in total. The molecule has 21 heavy (non-hydrogen) atoms. The molecule has 0 aromatic heterocycles. The van der Waals surface area contributed by atoms with Crippen LogP contribution in [-0.2, 0) is 6.42 Å². The van der Waals surface area contributed by atoms with Crippen LogP contribution < -0.4 is 0 Å². The van der Waals surface area contributed by atoms with E-state index in [-0.39, 0.29) is 6.10 Å². The molecule has 0 bridgehead atoms. The zero-order valence-electron chi connectivity index (χ0n) is 12.9. The van der Waals surface area contributed by atoms with Crippen LogP contribution in [0.4, 0.5) is 0 Å². The lowest BCUT2D eigenvalue weighted by molar-refractivity contribution is 0.151. The van der Waals surface area contributed by atoms with Crippen LogP contribution in [0.1, 0.15) is 49.0 Å². The first kappa shape index (κ1) is 14.3. The Morgan fingerprint density at radius 2 is 1.67 bits per heavy atom. The predicted molar refractivity (Wildman–Crippen MR) is 87.2 cm³/mol. The van der Waals surface area contributed by atoms with Crippen LogP contribution >= 0.6 is 0 Å². The van der Waals surface area contributed by atoms with Crippen molar-refractivity contribution in [2.75, 3.05) is 0 Å². The largest absolute Gasteiger partial charge is 0.388 e. The quantitative estimate of drug-likeness (QED) is 0.840. The molecule has 1 aliphatic carbocycles. The summed E-state index contributed by atoms with van der Waals surface area (Å²) >= 11 is 0. The Balaban J connectivity index is 1.65. The van der Waals surface area contributed by atoms with E-state index < -0.39 is 0 Å². The monoisotopic (exact) mass is 280 g/mol. The highest BCUT2D eigenvalue weighted by Crippen LogP contribution is 2.53. The minimum Gasteiger partial charge on any atom is -0.388 e. The molecule has 0 radical (unpaired) electrons. The van der Waals surface area contributed by atoms with Gasteiger partial charge in [0.05, 0.1) is 6.10 Å². The molecule has 1 fully saturated rings. The molecule has 0 saturated heterocycles. The highest BCUT2D eigenvalue weighted by Gasteiger charge is 2.43. The Labute approximate surface area is 127 Å². The molecule has 2 aromatic carbocycles. The molecule has 2 aromatic rings. The second-order valence-corrected chi connectivity index (χ2v) is 6.70. The van der Waals surface area contributed by atoms with Crippen LogP contribution in [0.3, 0.4) is 0 Å². The third-order valence-electron chi connectivity index (χ3n) is 4.44. The molecule has 3 atom stereocenters. The molecular formula is C20H24O. The maximum absolute atomic E-state index is 10.6. The molecule has 1 nitrogen and oxygen atoms in total. The van der Waals surface area contributed by atoms with Crippen molar-refractivity contribution in [2.45, 2.75) is 38.7 Å². The van der Waals surface area contributed by atoms with Crippen LogP contribution in [0.25, 0.3) is 0 Å². The van der Waals surface area contributed by atoms with E-state index in [9.17, 15) is 5.11 Å². The van der Waals surface area contributed by atoms with Crippen molar-refractivity contribution in [2.24, 2.45) is 11.8 Å². The van der Waals surface area contributed by atoms with Crippen LogP contribution in [0.2, 0.25) is 0 Å². The van der Waals surface area contributed by atoms with Gasteiger partial charge in [-0.05, 0) is 47.3 Å². The zero-order chi connectivity index (χ0) is 14.8. The van der Waals surface area contributed by atoms with E-state index in [0.717, 1.165) is 18.4 Å². The third kappa shape index (κ3) is 3.36. The van der Waals surface area contributed by atoms with Crippen molar-refractivity contribution in [3.63, 3.8) is 0 Å². The summed E-state index contributed by atoms with van der Waals surface area (Å²) in [5, 5.41) is 10.6. The van der Waals surface area contributed by atoms with Gasteiger partial charge in [0.25, 0.3) is 0 Å². The molecule has 0 spiro atoms. The fourth-order valence-corrected chi connectivity index (χ4v) is 3.22. The van der Waals surface area contributed by atoms with Crippen molar-refractivity contribution in [3.05, 3.63) is 71.3 Å². The Morgan fingerprint density at radius 3 is 2.29 bits per heavy atom. The van der Waals surface area contributed by atoms with E-state index >= 15 is 0 Å². The van der Waals surface area contributed by atoms with Crippen molar-refractivity contribution in [3.8, 4) is 0 Å². The third-order valence-corrected chi connectivity index (χ3v) is 4.44. The number of aliphatic hydroxyl groups excluding tert-OH is 1. The Hall–Kier alpha value is -1.60. The standard InChI is InChI=1S/C20H24O/c1-14(2)12-15-8-10-17(11-9-15)20(21)19-13-18(19)16-6-4-3-5-7-16/h3-11,14,18-21H,12-13H2,1-2H3. The lowest BCUT2D eigenvalue weighted by Crippen LogP contribution is -2.02. The van der Waals surface area contributed by atoms with Gasteiger partial charge in [0.15, 0.2) is 0 Å². The summed E-state index contributed by atoms with van der Waals surface area (Å²) < 4.78 is 0. The number of aliphatic hydroxyl groups is 1. The molecule has 0 amide bonds. The predicted octanol–water partition coefficient (Wildman–Crippen LogP) is 4.72. The van der Waals surface area contributed by atoms with Gasteiger partial charge in [-0.2, -0.15) is 0 Å².